The molecular formula is C25H27NO6. The largest absolute Gasteiger partial charge is 0.493 e. The number of nitrogens with zero attached hydrogens (tertiary/aromatic N) is 1. The predicted octanol–water partition coefficient (Wildman–Crippen LogP) is 4.19. The van der Waals surface area contributed by atoms with E-state index in [0.717, 1.165) is 17.5 Å². The Balaban J connectivity index is 1.45. The van der Waals surface area contributed by atoms with E-state index < -0.39 is 11.8 Å². The average Bonchev–Trinajstić information content (AvgIpc) is 3.26. The SMILES string of the molecule is Cc1cc2c(CC(=O)O)cccc2n1C(=O)c1ccc(OCCC2COC(C)(C)O2)cc1. The Kier molecular flexibility index (Phi) is 6.04. The van der Waals surface area contributed by atoms with E-state index in [1.54, 1.807) is 41.0 Å². The van der Waals surface area contributed by atoms with Crippen LogP contribution in [0.2, 0.25) is 0 Å². The van der Waals surface area contributed by atoms with Gasteiger partial charge >= 0.3 is 5.97 Å². The van der Waals surface area contributed by atoms with Gasteiger partial charge in [-0.1, -0.05) is 12.1 Å². The van der Waals surface area contributed by atoms with Crippen molar-refractivity contribution in [3.63, 3.8) is 0 Å². The molecule has 168 valence electrons. The molecule has 1 saturated heterocycles. The van der Waals surface area contributed by atoms with Gasteiger partial charge in [-0.25, -0.2) is 0 Å². The molecule has 1 aliphatic rings. The minimum atomic E-state index is -0.902. The second-order valence-corrected chi connectivity index (χ2v) is 8.46. The molecule has 1 atom stereocenters. The number of fused-ring (bicyclic) bond motifs is 1. The number of carbonyl (C=O) groups is 2. The van der Waals surface area contributed by atoms with Crippen LogP contribution in [0, 0.1) is 6.92 Å². The molecule has 0 amide bonds. The third kappa shape index (κ3) is 4.69. The summed E-state index contributed by atoms with van der Waals surface area (Å²) in [7, 11) is 0. The number of aryl methyl sites for hydroxylation is 1. The summed E-state index contributed by atoms with van der Waals surface area (Å²) in [6, 6.07) is 14.3. The maximum Gasteiger partial charge on any atom is 0.307 e. The van der Waals surface area contributed by atoms with Crippen molar-refractivity contribution in [3.8, 4) is 5.75 Å². The monoisotopic (exact) mass is 437 g/mol. The summed E-state index contributed by atoms with van der Waals surface area (Å²) in [6.45, 7) is 6.68. The Morgan fingerprint density at radius 2 is 1.94 bits per heavy atom. The minimum absolute atomic E-state index is 0.0156. The number of aromatic nitrogens is 1. The van der Waals surface area contributed by atoms with E-state index in [-0.39, 0.29) is 18.4 Å². The van der Waals surface area contributed by atoms with Crippen LogP contribution in [-0.2, 0) is 20.7 Å². The molecule has 1 N–H and O–H groups in total. The van der Waals surface area contributed by atoms with E-state index in [0.29, 0.717) is 35.6 Å². The van der Waals surface area contributed by atoms with Crippen molar-refractivity contribution in [1.29, 1.82) is 0 Å². The summed E-state index contributed by atoms with van der Waals surface area (Å²) in [4.78, 5) is 24.4. The van der Waals surface area contributed by atoms with Crippen molar-refractivity contribution < 1.29 is 28.9 Å². The fourth-order valence-electron chi connectivity index (χ4n) is 4.05. The molecule has 1 aromatic heterocycles. The van der Waals surface area contributed by atoms with Crippen LogP contribution in [0.1, 0.15) is 41.9 Å². The fraction of sp³-hybridized carbons (Fsp3) is 0.360. The number of hydrogen-bond acceptors (Lipinski definition) is 5. The summed E-state index contributed by atoms with van der Waals surface area (Å²) in [5.41, 5.74) is 2.67. The highest BCUT2D eigenvalue weighted by molar-refractivity contribution is 6.04. The van der Waals surface area contributed by atoms with Gasteiger partial charge < -0.3 is 19.3 Å². The van der Waals surface area contributed by atoms with Crippen LogP contribution in [-0.4, -0.2) is 46.7 Å². The first-order valence-corrected chi connectivity index (χ1v) is 10.6. The van der Waals surface area contributed by atoms with Crippen LogP contribution < -0.4 is 4.74 Å². The van der Waals surface area contributed by atoms with Crippen LogP contribution in [0.3, 0.4) is 0 Å². The summed E-state index contributed by atoms with van der Waals surface area (Å²) in [5, 5.41) is 9.94. The van der Waals surface area contributed by atoms with Gasteiger partial charge in [-0.2, -0.15) is 0 Å². The zero-order valence-corrected chi connectivity index (χ0v) is 18.5. The normalized spacial score (nSPS) is 17.5. The van der Waals surface area contributed by atoms with Crippen molar-refractivity contribution in [2.75, 3.05) is 13.2 Å². The molecule has 0 radical (unpaired) electrons. The highest BCUT2D eigenvalue weighted by Crippen LogP contribution is 2.26. The highest BCUT2D eigenvalue weighted by Gasteiger charge is 2.32. The lowest BCUT2D eigenvalue weighted by atomic mass is 10.1. The van der Waals surface area contributed by atoms with Crippen LogP contribution in [0.5, 0.6) is 5.75 Å². The lowest BCUT2D eigenvalue weighted by Crippen LogP contribution is -2.22. The van der Waals surface area contributed by atoms with Gasteiger partial charge in [-0.05, 0) is 62.7 Å². The smallest absolute Gasteiger partial charge is 0.307 e. The Bertz CT molecular complexity index is 1150. The third-order valence-corrected chi connectivity index (χ3v) is 5.54. The quantitative estimate of drug-likeness (QED) is 0.597. The molecule has 0 aliphatic carbocycles. The highest BCUT2D eigenvalue weighted by atomic mass is 16.7. The van der Waals surface area contributed by atoms with Crippen molar-refractivity contribution >= 4 is 22.8 Å². The van der Waals surface area contributed by atoms with Crippen molar-refractivity contribution in [2.45, 2.75) is 45.5 Å². The Morgan fingerprint density at radius 3 is 2.59 bits per heavy atom. The van der Waals surface area contributed by atoms with E-state index >= 15 is 0 Å². The van der Waals surface area contributed by atoms with Gasteiger partial charge in [0.2, 0.25) is 0 Å². The Hall–Kier alpha value is -3.16. The molecule has 1 fully saturated rings. The molecule has 3 aromatic rings. The molecule has 0 bridgehead atoms. The summed E-state index contributed by atoms with van der Waals surface area (Å²) >= 11 is 0. The maximum absolute atomic E-state index is 13.2. The van der Waals surface area contributed by atoms with E-state index in [9.17, 15) is 9.59 Å². The van der Waals surface area contributed by atoms with Crippen molar-refractivity contribution in [3.05, 3.63) is 65.4 Å². The number of hydrogen-bond donors (Lipinski definition) is 1. The minimum Gasteiger partial charge on any atom is -0.493 e. The van der Waals surface area contributed by atoms with Crippen LogP contribution >= 0.6 is 0 Å². The van der Waals surface area contributed by atoms with Crippen molar-refractivity contribution in [1.82, 2.24) is 4.57 Å². The standard InChI is InChI=1S/C25H27NO6/c1-16-13-21-18(14-23(27)28)5-4-6-22(21)26(16)24(29)17-7-9-19(10-8-17)30-12-11-20-15-31-25(2,3)32-20/h4-10,13,20H,11-12,14-15H2,1-3H3,(H,27,28). The molecule has 32 heavy (non-hydrogen) atoms. The Labute approximate surface area is 186 Å². The average molecular weight is 437 g/mol. The summed E-state index contributed by atoms with van der Waals surface area (Å²) in [5.74, 6) is -0.935. The van der Waals surface area contributed by atoms with Gasteiger partial charge in [-0.3, -0.25) is 14.2 Å². The molecule has 0 spiro atoms. The number of aliphatic carboxylic acids is 1. The van der Waals surface area contributed by atoms with Crippen LogP contribution in [0.15, 0.2) is 48.5 Å². The number of carboxylic acids is 1. The molecule has 2 heterocycles. The second kappa shape index (κ2) is 8.76. The third-order valence-electron chi connectivity index (χ3n) is 5.54. The van der Waals surface area contributed by atoms with Gasteiger partial charge in [0.1, 0.15) is 5.75 Å². The lowest BCUT2D eigenvalue weighted by molar-refractivity contribution is -0.139. The summed E-state index contributed by atoms with van der Waals surface area (Å²) < 4.78 is 18.7. The molecule has 1 aliphatic heterocycles. The second-order valence-electron chi connectivity index (χ2n) is 8.46. The first-order valence-electron chi connectivity index (χ1n) is 10.6. The number of rotatable bonds is 7. The maximum atomic E-state index is 13.2. The molecular weight excluding hydrogens is 410 g/mol. The first kappa shape index (κ1) is 22.0. The number of carboxylic acid groups (broad SMARTS) is 1. The van der Waals surface area contributed by atoms with Crippen LogP contribution in [0.4, 0.5) is 0 Å². The topological polar surface area (TPSA) is 87.0 Å². The van der Waals surface area contributed by atoms with E-state index in [2.05, 4.69) is 0 Å². The molecule has 1 unspecified atom stereocenters. The number of ether oxygens (including phenoxy) is 3. The zero-order chi connectivity index (χ0) is 22.9. The Morgan fingerprint density at radius 1 is 1.19 bits per heavy atom. The van der Waals surface area contributed by atoms with Crippen molar-refractivity contribution in [2.24, 2.45) is 0 Å². The van der Waals surface area contributed by atoms with E-state index in [1.807, 2.05) is 32.9 Å². The van der Waals surface area contributed by atoms with Gasteiger partial charge in [0.25, 0.3) is 5.91 Å². The van der Waals surface area contributed by atoms with E-state index in [4.69, 9.17) is 19.3 Å². The van der Waals surface area contributed by atoms with Gasteiger partial charge in [-0.15, -0.1) is 0 Å². The summed E-state index contributed by atoms with van der Waals surface area (Å²) in [6.07, 6.45) is 0.648. The van der Waals surface area contributed by atoms with Gasteiger partial charge in [0.05, 0.1) is 31.3 Å². The molecule has 7 heteroatoms. The first-order chi connectivity index (χ1) is 15.2. The predicted molar refractivity (Wildman–Crippen MR) is 119 cm³/mol. The lowest BCUT2D eigenvalue weighted by Gasteiger charge is -2.17. The number of carbonyl (C=O) groups excluding carboxylic acids is 1. The molecule has 0 saturated carbocycles. The molecule has 2 aromatic carbocycles. The molecule has 7 nitrogen and oxygen atoms in total. The zero-order valence-electron chi connectivity index (χ0n) is 18.5. The van der Waals surface area contributed by atoms with Crippen LogP contribution in [0.25, 0.3) is 10.9 Å². The molecule has 4 rings (SSSR count). The fourth-order valence-corrected chi connectivity index (χ4v) is 4.05. The van der Waals surface area contributed by atoms with Gasteiger partial charge in [0, 0.05) is 23.1 Å². The number of benzene rings is 2. The van der Waals surface area contributed by atoms with Gasteiger partial charge in [0.15, 0.2) is 5.79 Å². The van der Waals surface area contributed by atoms with E-state index in [1.165, 1.54) is 0 Å².